The van der Waals surface area contributed by atoms with Crippen molar-refractivity contribution in [1.29, 1.82) is 0 Å². The van der Waals surface area contributed by atoms with Crippen LogP contribution in [0, 0.1) is 41.5 Å². The molecule has 6 heteroatoms. The van der Waals surface area contributed by atoms with Crippen LogP contribution in [0.5, 0.6) is 0 Å². The number of hydrogen-bond acceptors (Lipinski definition) is 6. The van der Waals surface area contributed by atoms with E-state index < -0.39 is 16.2 Å². The molecule has 0 aliphatic carbocycles. The Morgan fingerprint density at radius 1 is 0.333 bits per heavy atom. The van der Waals surface area contributed by atoms with Gasteiger partial charge in [0.2, 0.25) is 0 Å². The summed E-state index contributed by atoms with van der Waals surface area (Å²) in [6.45, 7) is 18.6. The Kier molecular flexibility index (Phi) is 16.6. The van der Waals surface area contributed by atoms with E-state index in [1.165, 1.54) is 33.4 Å². The van der Waals surface area contributed by atoms with Gasteiger partial charge in [-0.25, -0.2) is 0 Å². The Labute approximate surface area is 391 Å². The smallest absolute Gasteiger partial charge is 0.175 e. The highest BCUT2D eigenvalue weighted by Gasteiger charge is 2.42. The molecule has 0 N–H and O–H groups in total. The summed E-state index contributed by atoms with van der Waals surface area (Å²) in [5, 5.41) is 0. The van der Waals surface area contributed by atoms with Crippen molar-refractivity contribution in [2.75, 3.05) is 17.3 Å². The van der Waals surface area contributed by atoms with Crippen LogP contribution >= 0.6 is 35.3 Å². The SMILES string of the molecule is C.C.C.Cc1ccc(C2(C)CSc3cc(C)ccc3C2=O)cc1.Cc1ccc([C@@]2(C)CSc3cc(C)ccc3C2=O)cc1.Cc1ccc([C@]2(C)CSc3cc(C)ccc3C2=O)cc1. The summed E-state index contributed by atoms with van der Waals surface area (Å²) in [6.07, 6.45) is 0. The van der Waals surface area contributed by atoms with Crippen molar-refractivity contribution in [2.45, 2.75) is 116 Å². The number of benzene rings is 6. The number of carbonyl (C=O) groups excluding carboxylic acids is 3. The molecule has 0 aromatic heterocycles. The molecule has 3 nitrogen and oxygen atoms in total. The zero-order valence-corrected chi connectivity index (χ0v) is 38.6. The fourth-order valence-corrected chi connectivity index (χ4v) is 12.0. The predicted molar refractivity (Wildman–Crippen MR) is 274 cm³/mol. The summed E-state index contributed by atoms with van der Waals surface area (Å²) in [6, 6.07) is 43.4. The third kappa shape index (κ3) is 10.4. The second-order valence-electron chi connectivity index (χ2n) is 17.4. The average molecular weight is 895 g/mol. The minimum absolute atomic E-state index is 0. The van der Waals surface area contributed by atoms with Crippen LogP contribution in [0.15, 0.2) is 142 Å². The molecule has 330 valence electrons. The Bertz CT molecular complexity index is 2310. The van der Waals surface area contributed by atoms with Crippen molar-refractivity contribution in [1.82, 2.24) is 0 Å². The number of carbonyl (C=O) groups is 3. The molecule has 3 aliphatic heterocycles. The maximum Gasteiger partial charge on any atom is 0.175 e. The summed E-state index contributed by atoms with van der Waals surface area (Å²) in [4.78, 5) is 42.1. The van der Waals surface area contributed by atoms with E-state index in [4.69, 9.17) is 0 Å². The van der Waals surface area contributed by atoms with E-state index in [2.05, 4.69) is 153 Å². The zero-order chi connectivity index (χ0) is 43.0. The number of ketones is 3. The number of rotatable bonds is 3. The molecule has 3 heterocycles. The molecule has 0 amide bonds. The first-order valence-electron chi connectivity index (χ1n) is 20.6. The molecular formula is C57H66O3S3. The molecule has 0 fully saturated rings. The van der Waals surface area contributed by atoms with Gasteiger partial charge in [-0.3, -0.25) is 14.4 Å². The van der Waals surface area contributed by atoms with Crippen LogP contribution < -0.4 is 0 Å². The topological polar surface area (TPSA) is 51.2 Å². The molecule has 1 unspecified atom stereocenters. The summed E-state index contributed by atoms with van der Waals surface area (Å²) >= 11 is 5.38. The molecule has 6 aromatic rings. The van der Waals surface area contributed by atoms with Crippen LogP contribution in [0.2, 0.25) is 0 Å². The maximum absolute atomic E-state index is 12.9. The first-order chi connectivity index (χ1) is 28.5. The van der Waals surface area contributed by atoms with E-state index in [1.54, 1.807) is 35.3 Å². The summed E-state index contributed by atoms with van der Waals surface area (Å²) < 4.78 is 0. The number of fused-ring (bicyclic) bond motifs is 3. The normalized spacial score (nSPS) is 20.6. The molecule has 0 saturated carbocycles. The molecule has 9 rings (SSSR count). The van der Waals surface area contributed by atoms with E-state index in [1.807, 2.05) is 36.4 Å². The lowest BCUT2D eigenvalue weighted by atomic mass is 9.77. The van der Waals surface area contributed by atoms with Gasteiger partial charge in [-0.05, 0) is 132 Å². The number of Topliss-reactive ketones (excluding diaryl/α,β-unsaturated/α-hetero) is 3. The quantitative estimate of drug-likeness (QED) is 0.176. The van der Waals surface area contributed by atoms with Gasteiger partial charge < -0.3 is 0 Å². The van der Waals surface area contributed by atoms with Gasteiger partial charge in [0.25, 0.3) is 0 Å². The summed E-state index contributed by atoms with van der Waals surface area (Å²) in [7, 11) is 0. The first-order valence-corrected chi connectivity index (χ1v) is 23.5. The second-order valence-corrected chi connectivity index (χ2v) is 20.5. The maximum atomic E-state index is 12.9. The van der Waals surface area contributed by atoms with E-state index in [9.17, 15) is 14.4 Å². The van der Waals surface area contributed by atoms with Gasteiger partial charge in [-0.1, -0.05) is 130 Å². The molecule has 0 spiro atoms. The Morgan fingerprint density at radius 2 is 0.540 bits per heavy atom. The number of hydrogen-bond donors (Lipinski definition) is 0. The Hall–Kier alpha value is -4.62. The summed E-state index contributed by atoms with van der Waals surface area (Å²) in [5.41, 5.74) is 12.0. The van der Waals surface area contributed by atoms with Crippen molar-refractivity contribution in [3.05, 3.63) is 194 Å². The van der Waals surface area contributed by atoms with Crippen LogP contribution in [-0.4, -0.2) is 34.6 Å². The number of aryl methyl sites for hydroxylation is 6. The van der Waals surface area contributed by atoms with E-state index in [0.29, 0.717) is 0 Å². The van der Waals surface area contributed by atoms with Crippen molar-refractivity contribution in [2.24, 2.45) is 0 Å². The number of thioether (sulfide) groups is 3. The predicted octanol–water partition coefficient (Wildman–Crippen LogP) is 15.6. The van der Waals surface area contributed by atoms with Crippen LogP contribution in [-0.2, 0) is 16.2 Å². The molecule has 0 saturated heterocycles. The summed E-state index contributed by atoms with van der Waals surface area (Å²) in [5.74, 6) is 3.17. The van der Waals surface area contributed by atoms with Gasteiger partial charge in [0.05, 0.1) is 16.2 Å². The average Bonchev–Trinajstić information content (AvgIpc) is 3.23. The lowest BCUT2D eigenvalue weighted by Crippen LogP contribution is -2.38. The van der Waals surface area contributed by atoms with E-state index in [0.717, 1.165) is 65.3 Å². The fourth-order valence-electron chi connectivity index (χ4n) is 7.97. The fraction of sp³-hybridized carbons (Fsp3) is 0.316. The van der Waals surface area contributed by atoms with Crippen LogP contribution in [0.1, 0.15) is 124 Å². The monoisotopic (exact) mass is 894 g/mol. The highest BCUT2D eigenvalue weighted by atomic mass is 32.2. The van der Waals surface area contributed by atoms with Gasteiger partial charge in [-0.15, -0.1) is 35.3 Å². The van der Waals surface area contributed by atoms with Gasteiger partial charge in [0.1, 0.15) is 0 Å². The van der Waals surface area contributed by atoms with Crippen molar-refractivity contribution < 1.29 is 14.4 Å². The van der Waals surface area contributed by atoms with E-state index >= 15 is 0 Å². The van der Waals surface area contributed by atoms with Gasteiger partial charge >= 0.3 is 0 Å². The van der Waals surface area contributed by atoms with Crippen LogP contribution in [0.3, 0.4) is 0 Å². The van der Waals surface area contributed by atoms with Gasteiger partial charge in [-0.2, -0.15) is 0 Å². The molecule has 0 radical (unpaired) electrons. The molecule has 0 bridgehead atoms. The van der Waals surface area contributed by atoms with Gasteiger partial charge in [0.15, 0.2) is 17.3 Å². The third-order valence-electron chi connectivity index (χ3n) is 12.3. The molecule has 6 aromatic carbocycles. The van der Waals surface area contributed by atoms with Crippen LogP contribution in [0.25, 0.3) is 0 Å². The Balaban J connectivity index is 0.000000203. The largest absolute Gasteiger partial charge is 0.293 e. The minimum atomic E-state index is -0.416. The molecular weight excluding hydrogens is 829 g/mol. The highest BCUT2D eigenvalue weighted by molar-refractivity contribution is 8.00. The van der Waals surface area contributed by atoms with Crippen LogP contribution in [0.4, 0.5) is 0 Å². The molecule has 3 aliphatic rings. The Morgan fingerprint density at radius 3 is 0.762 bits per heavy atom. The first kappa shape index (κ1) is 51.0. The van der Waals surface area contributed by atoms with E-state index in [-0.39, 0.29) is 39.6 Å². The molecule has 3 atom stereocenters. The van der Waals surface area contributed by atoms with Crippen molar-refractivity contribution in [3.63, 3.8) is 0 Å². The highest BCUT2D eigenvalue weighted by Crippen LogP contribution is 2.44. The second kappa shape index (κ2) is 20.5. The van der Waals surface area contributed by atoms with Crippen molar-refractivity contribution in [3.8, 4) is 0 Å². The third-order valence-corrected chi connectivity index (χ3v) is 16.4. The minimum Gasteiger partial charge on any atom is -0.293 e. The lowest BCUT2D eigenvalue weighted by Gasteiger charge is -2.33. The molecule has 63 heavy (non-hydrogen) atoms. The van der Waals surface area contributed by atoms with Gasteiger partial charge in [0, 0.05) is 48.6 Å². The standard InChI is InChI=1S/3C18H18OS.3CH4/c3*1-12-4-7-14(8-5-12)18(3)11-20-16-10-13(2)6-9-15(16)17(18)19;;;/h3*4-10H,11H2,1-3H3;3*1H4/t2*18-;;;;/m10..../s1. The zero-order valence-electron chi connectivity index (χ0n) is 36.2. The van der Waals surface area contributed by atoms with Crippen molar-refractivity contribution >= 4 is 52.6 Å². The lowest BCUT2D eigenvalue weighted by molar-refractivity contribution is 0.0899.